The van der Waals surface area contributed by atoms with E-state index in [4.69, 9.17) is 9.47 Å². The van der Waals surface area contributed by atoms with Crippen molar-refractivity contribution < 1.29 is 19.4 Å². The number of aliphatic carboxylic acids is 1. The van der Waals surface area contributed by atoms with Crippen LogP contribution >= 0.6 is 0 Å². The molecule has 0 saturated heterocycles. The second-order valence-electron chi connectivity index (χ2n) is 8.44. The van der Waals surface area contributed by atoms with E-state index in [1.54, 1.807) is 0 Å². The molecule has 0 aliphatic carbocycles. The van der Waals surface area contributed by atoms with Gasteiger partial charge >= 0.3 is 5.97 Å². The SMILES string of the molecule is CCCC1(CC(=O)O)OCCc2c1[nH]c1c(C)c(COCc3ccccc3)cc(C#N)c21. The Bertz CT molecular complexity index is 1180. The Balaban J connectivity index is 1.75. The molecule has 6 heteroatoms. The Kier molecular flexibility index (Phi) is 6.31. The maximum absolute atomic E-state index is 11.7. The predicted molar refractivity (Wildman–Crippen MR) is 121 cm³/mol. The van der Waals surface area contributed by atoms with Crippen LogP contribution in [-0.4, -0.2) is 22.7 Å². The van der Waals surface area contributed by atoms with Crippen molar-refractivity contribution in [3.05, 3.63) is 69.9 Å². The number of nitrogens with one attached hydrogen (secondary N) is 1. The summed E-state index contributed by atoms with van der Waals surface area (Å²) in [5.74, 6) is -0.891. The van der Waals surface area contributed by atoms with Crippen molar-refractivity contribution >= 4 is 16.9 Å². The molecular weight excluding hydrogens is 404 g/mol. The summed E-state index contributed by atoms with van der Waals surface area (Å²) < 4.78 is 12.1. The van der Waals surface area contributed by atoms with Crippen LogP contribution in [0, 0.1) is 18.3 Å². The molecule has 4 rings (SSSR count). The summed E-state index contributed by atoms with van der Waals surface area (Å²) in [7, 11) is 0. The molecule has 0 saturated carbocycles. The van der Waals surface area contributed by atoms with Gasteiger partial charge in [-0.25, -0.2) is 0 Å². The van der Waals surface area contributed by atoms with Crippen LogP contribution < -0.4 is 0 Å². The number of aryl methyl sites for hydroxylation is 1. The fourth-order valence-corrected chi connectivity index (χ4v) is 4.86. The minimum atomic E-state index is -0.893. The molecule has 0 fully saturated rings. The third kappa shape index (κ3) is 4.02. The van der Waals surface area contributed by atoms with E-state index >= 15 is 0 Å². The minimum Gasteiger partial charge on any atom is -0.481 e. The summed E-state index contributed by atoms with van der Waals surface area (Å²) in [6.07, 6.45) is 1.95. The number of H-pyrrole nitrogens is 1. The lowest BCUT2D eigenvalue weighted by atomic mass is 9.84. The van der Waals surface area contributed by atoms with Crippen LogP contribution in [0.4, 0.5) is 0 Å². The number of nitrogens with zero attached hydrogens (tertiary/aromatic N) is 1. The molecule has 1 aliphatic rings. The molecule has 0 radical (unpaired) electrons. The highest BCUT2D eigenvalue weighted by Gasteiger charge is 2.42. The third-order valence-corrected chi connectivity index (χ3v) is 6.31. The molecule has 32 heavy (non-hydrogen) atoms. The van der Waals surface area contributed by atoms with Crippen molar-refractivity contribution in [1.29, 1.82) is 5.26 Å². The molecule has 1 unspecified atom stereocenters. The van der Waals surface area contributed by atoms with Gasteiger partial charge in [-0.2, -0.15) is 5.26 Å². The van der Waals surface area contributed by atoms with Gasteiger partial charge in [-0.1, -0.05) is 43.7 Å². The molecule has 1 aliphatic heterocycles. The molecule has 2 N–H and O–H groups in total. The lowest BCUT2D eigenvalue weighted by molar-refractivity contribution is -0.149. The van der Waals surface area contributed by atoms with Crippen LogP contribution in [0.2, 0.25) is 0 Å². The van der Waals surface area contributed by atoms with Gasteiger partial charge in [0.05, 0.1) is 49.1 Å². The van der Waals surface area contributed by atoms with Gasteiger partial charge in [0, 0.05) is 5.39 Å². The Labute approximate surface area is 187 Å². The largest absolute Gasteiger partial charge is 0.481 e. The molecule has 166 valence electrons. The summed E-state index contributed by atoms with van der Waals surface area (Å²) in [5.41, 5.74) is 5.45. The van der Waals surface area contributed by atoms with Crippen LogP contribution in [0.15, 0.2) is 36.4 Å². The Morgan fingerprint density at radius 1 is 1.31 bits per heavy atom. The van der Waals surface area contributed by atoms with E-state index in [9.17, 15) is 15.2 Å². The Hall–Kier alpha value is -3.14. The monoisotopic (exact) mass is 432 g/mol. The maximum Gasteiger partial charge on any atom is 0.306 e. The predicted octanol–water partition coefficient (Wildman–Crippen LogP) is 5.11. The lowest BCUT2D eigenvalue weighted by Gasteiger charge is -2.36. The zero-order valence-electron chi connectivity index (χ0n) is 18.5. The second kappa shape index (κ2) is 9.15. The standard InChI is InChI=1S/C26H28N2O4/c1-3-10-26(13-22(29)30)25-21(9-11-32-26)23-19(14-27)12-20(17(2)24(23)28-25)16-31-15-18-7-5-4-6-8-18/h4-8,12,28H,3,9-11,13,15-16H2,1-2H3,(H,29,30). The maximum atomic E-state index is 11.7. The Morgan fingerprint density at radius 2 is 2.09 bits per heavy atom. The normalized spacial score (nSPS) is 17.8. The summed E-state index contributed by atoms with van der Waals surface area (Å²) in [4.78, 5) is 15.2. The average Bonchev–Trinajstić information content (AvgIpc) is 3.18. The number of hydrogen-bond acceptors (Lipinski definition) is 4. The first-order valence-corrected chi connectivity index (χ1v) is 11.0. The number of ether oxygens (including phenoxy) is 2. The van der Waals surface area contributed by atoms with Crippen molar-refractivity contribution in [3.8, 4) is 6.07 Å². The molecule has 2 heterocycles. The average molecular weight is 433 g/mol. The number of carboxylic acid groups (broad SMARTS) is 1. The summed E-state index contributed by atoms with van der Waals surface area (Å²) in [6, 6.07) is 14.2. The highest BCUT2D eigenvalue weighted by atomic mass is 16.5. The summed E-state index contributed by atoms with van der Waals surface area (Å²) in [6.45, 7) is 5.37. The number of aromatic nitrogens is 1. The van der Waals surface area contributed by atoms with E-state index in [2.05, 4.69) is 11.1 Å². The third-order valence-electron chi connectivity index (χ3n) is 6.31. The van der Waals surface area contributed by atoms with E-state index in [1.807, 2.05) is 50.2 Å². The number of hydrogen-bond donors (Lipinski definition) is 2. The van der Waals surface area contributed by atoms with Crippen molar-refractivity contribution in [3.63, 3.8) is 0 Å². The number of aromatic amines is 1. The van der Waals surface area contributed by atoms with Crippen LogP contribution in [0.3, 0.4) is 0 Å². The molecule has 3 aromatic rings. The first-order chi connectivity index (χ1) is 15.5. The zero-order chi connectivity index (χ0) is 22.7. The number of rotatable bonds is 8. The smallest absolute Gasteiger partial charge is 0.306 e. The number of carbonyl (C=O) groups is 1. The quantitative estimate of drug-likeness (QED) is 0.516. The van der Waals surface area contributed by atoms with Gasteiger partial charge in [0.2, 0.25) is 0 Å². The number of nitriles is 1. The summed E-state index contributed by atoms with van der Waals surface area (Å²) in [5, 5.41) is 20.4. The van der Waals surface area contributed by atoms with Gasteiger partial charge in [0.25, 0.3) is 0 Å². The van der Waals surface area contributed by atoms with Gasteiger partial charge in [-0.15, -0.1) is 0 Å². The first kappa shape index (κ1) is 22.1. The fraction of sp³-hybridized carbons (Fsp3) is 0.385. The highest BCUT2D eigenvalue weighted by Crippen LogP contribution is 2.44. The molecule has 0 amide bonds. The van der Waals surface area contributed by atoms with E-state index in [0.717, 1.165) is 45.3 Å². The number of fused-ring (bicyclic) bond motifs is 3. The van der Waals surface area contributed by atoms with Crippen molar-refractivity contribution in [2.75, 3.05) is 6.61 Å². The van der Waals surface area contributed by atoms with Gasteiger partial charge in [0.1, 0.15) is 5.60 Å². The van der Waals surface area contributed by atoms with E-state index in [-0.39, 0.29) is 6.42 Å². The number of carboxylic acids is 1. The van der Waals surface area contributed by atoms with E-state index < -0.39 is 11.6 Å². The highest BCUT2D eigenvalue weighted by molar-refractivity contribution is 5.94. The topological polar surface area (TPSA) is 95.3 Å². The van der Waals surface area contributed by atoms with Crippen molar-refractivity contribution in [2.45, 2.75) is 58.3 Å². The van der Waals surface area contributed by atoms with Gasteiger partial charge < -0.3 is 19.6 Å². The van der Waals surface area contributed by atoms with Crippen LogP contribution in [0.1, 0.15) is 59.7 Å². The number of benzene rings is 2. The molecule has 1 atom stereocenters. The van der Waals surface area contributed by atoms with Gasteiger partial charge in [0.15, 0.2) is 0 Å². The van der Waals surface area contributed by atoms with Crippen LogP contribution in [0.25, 0.3) is 10.9 Å². The molecular formula is C26H28N2O4. The van der Waals surface area contributed by atoms with Crippen molar-refractivity contribution in [1.82, 2.24) is 4.98 Å². The fourth-order valence-electron chi connectivity index (χ4n) is 4.86. The van der Waals surface area contributed by atoms with E-state index in [1.165, 1.54) is 0 Å². The molecule has 2 aromatic carbocycles. The van der Waals surface area contributed by atoms with Gasteiger partial charge in [-0.3, -0.25) is 4.79 Å². The van der Waals surface area contributed by atoms with Crippen LogP contribution in [0.5, 0.6) is 0 Å². The first-order valence-electron chi connectivity index (χ1n) is 11.0. The zero-order valence-corrected chi connectivity index (χ0v) is 18.5. The summed E-state index contributed by atoms with van der Waals surface area (Å²) >= 11 is 0. The van der Waals surface area contributed by atoms with Crippen LogP contribution in [-0.2, 0) is 39.5 Å². The van der Waals surface area contributed by atoms with E-state index in [0.29, 0.717) is 38.2 Å². The Morgan fingerprint density at radius 3 is 2.78 bits per heavy atom. The van der Waals surface area contributed by atoms with Crippen molar-refractivity contribution in [2.24, 2.45) is 0 Å². The molecule has 6 nitrogen and oxygen atoms in total. The minimum absolute atomic E-state index is 0.103. The molecule has 0 bridgehead atoms. The second-order valence-corrected chi connectivity index (χ2v) is 8.44. The molecule has 0 spiro atoms. The molecule has 1 aromatic heterocycles. The van der Waals surface area contributed by atoms with Gasteiger partial charge in [-0.05, 0) is 48.1 Å². The lowest BCUT2D eigenvalue weighted by Crippen LogP contribution is -2.37.